The van der Waals surface area contributed by atoms with Crippen molar-refractivity contribution in [2.45, 2.75) is 0 Å². The minimum Gasteiger partial charge on any atom is -0.507 e. The summed E-state index contributed by atoms with van der Waals surface area (Å²) in [5.74, 6) is -1.04. The Bertz CT molecular complexity index is 810. The van der Waals surface area contributed by atoms with Gasteiger partial charge in [0.25, 0.3) is 5.91 Å². The first-order valence-electron chi connectivity index (χ1n) is 6.60. The van der Waals surface area contributed by atoms with Gasteiger partial charge >= 0.3 is 0 Å². The molecule has 1 amide bonds. The van der Waals surface area contributed by atoms with Crippen LogP contribution in [0.15, 0.2) is 48.0 Å². The number of nitrogens with zero attached hydrogens (tertiary/aromatic N) is 1. The smallest absolute Gasteiger partial charge is 0.266 e. The van der Waals surface area contributed by atoms with Gasteiger partial charge in [0.2, 0.25) is 0 Å². The zero-order valence-electron chi connectivity index (χ0n) is 12.2. The Kier molecular flexibility index (Phi) is 4.95. The zero-order valence-corrected chi connectivity index (χ0v) is 12.2. The molecule has 0 saturated carbocycles. The highest BCUT2D eigenvalue weighted by atomic mass is 19.1. The van der Waals surface area contributed by atoms with Gasteiger partial charge in [-0.15, -0.1) is 0 Å². The van der Waals surface area contributed by atoms with E-state index in [0.717, 1.165) is 0 Å². The molecule has 0 aliphatic rings. The highest BCUT2D eigenvalue weighted by molar-refractivity contribution is 6.09. The van der Waals surface area contributed by atoms with Crippen molar-refractivity contribution in [1.29, 1.82) is 5.26 Å². The molecular weight excluding hydrogens is 299 g/mol. The van der Waals surface area contributed by atoms with E-state index in [1.54, 1.807) is 12.1 Å². The lowest BCUT2D eigenvalue weighted by Crippen LogP contribution is -2.14. The molecule has 2 N–H and O–H groups in total. The maximum atomic E-state index is 13.5. The second kappa shape index (κ2) is 7.09. The van der Waals surface area contributed by atoms with Gasteiger partial charge in [0.1, 0.15) is 29.0 Å². The number of ether oxygens (including phenoxy) is 1. The first-order chi connectivity index (χ1) is 11.0. The van der Waals surface area contributed by atoms with E-state index >= 15 is 0 Å². The molecule has 0 radical (unpaired) electrons. The number of nitrogens with one attached hydrogen (secondary N) is 1. The fraction of sp³-hybridized carbons (Fsp3) is 0.0588. The van der Waals surface area contributed by atoms with E-state index in [9.17, 15) is 14.3 Å². The molecule has 23 heavy (non-hydrogen) atoms. The predicted octanol–water partition coefficient (Wildman–Crippen LogP) is 3.09. The van der Waals surface area contributed by atoms with Gasteiger partial charge in [-0.05, 0) is 36.4 Å². The third-order valence-corrected chi connectivity index (χ3v) is 3.02. The summed E-state index contributed by atoms with van der Waals surface area (Å²) < 4.78 is 18.6. The number of hydrogen-bond donors (Lipinski definition) is 2. The molecular formula is C17H13FN2O3. The monoisotopic (exact) mass is 312 g/mol. The summed E-state index contributed by atoms with van der Waals surface area (Å²) in [4.78, 5) is 12.1. The number of carbonyl (C=O) groups excluding carboxylic acids is 1. The van der Waals surface area contributed by atoms with Crippen LogP contribution in [0.1, 0.15) is 5.56 Å². The van der Waals surface area contributed by atoms with Crippen molar-refractivity contribution in [2.24, 2.45) is 0 Å². The summed E-state index contributed by atoms with van der Waals surface area (Å²) in [5, 5.41) is 21.2. The van der Waals surface area contributed by atoms with Crippen LogP contribution in [0, 0.1) is 17.1 Å². The third-order valence-electron chi connectivity index (χ3n) is 3.02. The van der Waals surface area contributed by atoms with Crippen LogP contribution >= 0.6 is 0 Å². The molecule has 0 fully saturated rings. The van der Waals surface area contributed by atoms with Gasteiger partial charge in [-0.1, -0.05) is 12.1 Å². The van der Waals surface area contributed by atoms with Gasteiger partial charge in [0, 0.05) is 5.56 Å². The minimum atomic E-state index is -0.778. The molecule has 2 aromatic carbocycles. The topological polar surface area (TPSA) is 82.3 Å². The van der Waals surface area contributed by atoms with Crippen molar-refractivity contribution < 1.29 is 19.0 Å². The van der Waals surface area contributed by atoms with E-state index in [2.05, 4.69) is 5.32 Å². The molecule has 0 atom stereocenters. The van der Waals surface area contributed by atoms with Crippen LogP contribution in [-0.2, 0) is 4.79 Å². The van der Waals surface area contributed by atoms with E-state index in [4.69, 9.17) is 10.00 Å². The molecule has 0 aliphatic carbocycles. The number of benzene rings is 2. The maximum absolute atomic E-state index is 13.5. The number of phenols is 1. The second-order valence-electron chi connectivity index (χ2n) is 4.53. The van der Waals surface area contributed by atoms with E-state index in [-0.39, 0.29) is 22.6 Å². The maximum Gasteiger partial charge on any atom is 0.266 e. The summed E-state index contributed by atoms with van der Waals surface area (Å²) in [6.45, 7) is 0. The molecule has 2 aromatic rings. The number of hydrogen-bond acceptors (Lipinski definition) is 4. The lowest BCUT2D eigenvalue weighted by atomic mass is 10.1. The van der Waals surface area contributed by atoms with Crippen LogP contribution in [0.4, 0.5) is 10.1 Å². The van der Waals surface area contributed by atoms with E-state index in [1.165, 1.54) is 49.6 Å². The fourth-order valence-electron chi connectivity index (χ4n) is 1.83. The van der Waals surface area contributed by atoms with Gasteiger partial charge in [-0.25, -0.2) is 4.39 Å². The SMILES string of the molecule is COc1ccc(O)c(C=C(C#N)C(=O)Nc2ccccc2F)c1. The number of anilines is 1. The van der Waals surface area contributed by atoms with E-state index in [0.29, 0.717) is 5.75 Å². The molecule has 0 aromatic heterocycles. The Morgan fingerprint density at radius 3 is 2.74 bits per heavy atom. The first-order valence-corrected chi connectivity index (χ1v) is 6.60. The van der Waals surface area contributed by atoms with Crippen molar-refractivity contribution in [3.63, 3.8) is 0 Å². The predicted molar refractivity (Wildman–Crippen MR) is 83.3 cm³/mol. The Morgan fingerprint density at radius 1 is 1.35 bits per heavy atom. The summed E-state index contributed by atoms with van der Waals surface area (Å²) >= 11 is 0. The average molecular weight is 312 g/mol. The molecule has 0 heterocycles. The first kappa shape index (κ1) is 16.0. The fourth-order valence-corrected chi connectivity index (χ4v) is 1.83. The number of phenolic OH excluding ortho intramolecular Hbond substituents is 1. The molecule has 0 spiro atoms. The molecule has 0 aliphatic heterocycles. The van der Waals surface area contributed by atoms with Crippen LogP contribution in [0.25, 0.3) is 6.08 Å². The van der Waals surface area contributed by atoms with Crippen molar-refractivity contribution in [3.8, 4) is 17.6 Å². The van der Waals surface area contributed by atoms with Gasteiger partial charge in [0.05, 0.1) is 12.8 Å². The number of rotatable bonds is 4. The molecule has 0 bridgehead atoms. The van der Waals surface area contributed by atoms with Gasteiger partial charge in [-0.2, -0.15) is 5.26 Å². The lowest BCUT2D eigenvalue weighted by Gasteiger charge is -2.06. The molecule has 5 nitrogen and oxygen atoms in total. The highest BCUT2D eigenvalue weighted by Gasteiger charge is 2.13. The quantitative estimate of drug-likeness (QED) is 0.671. The largest absolute Gasteiger partial charge is 0.507 e. The number of carbonyl (C=O) groups is 1. The van der Waals surface area contributed by atoms with Crippen LogP contribution in [0.3, 0.4) is 0 Å². The number of para-hydroxylation sites is 1. The third kappa shape index (κ3) is 3.86. The zero-order chi connectivity index (χ0) is 16.8. The second-order valence-corrected chi connectivity index (χ2v) is 4.53. The van der Waals surface area contributed by atoms with Crippen molar-refractivity contribution in [2.75, 3.05) is 12.4 Å². The van der Waals surface area contributed by atoms with Crippen molar-refractivity contribution >= 4 is 17.7 Å². The van der Waals surface area contributed by atoms with Gasteiger partial charge in [0.15, 0.2) is 0 Å². The normalized spacial score (nSPS) is 10.7. The van der Waals surface area contributed by atoms with Crippen LogP contribution in [0.5, 0.6) is 11.5 Å². The van der Waals surface area contributed by atoms with E-state index < -0.39 is 11.7 Å². The summed E-state index contributed by atoms with van der Waals surface area (Å²) in [6, 6.07) is 11.7. The minimum absolute atomic E-state index is 0.0338. The van der Waals surface area contributed by atoms with Crippen molar-refractivity contribution in [3.05, 3.63) is 59.4 Å². The number of methoxy groups -OCH3 is 1. The number of halogens is 1. The molecule has 6 heteroatoms. The molecule has 0 saturated heterocycles. The Morgan fingerprint density at radius 2 is 2.09 bits per heavy atom. The van der Waals surface area contributed by atoms with Crippen LogP contribution in [0.2, 0.25) is 0 Å². The average Bonchev–Trinajstić information content (AvgIpc) is 2.56. The van der Waals surface area contributed by atoms with Crippen LogP contribution < -0.4 is 10.1 Å². The Balaban J connectivity index is 2.31. The van der Waals surface area contributed by atoms with Crippen LogP contribution in [-0.4, -0.2) is 18.1 Å². The summed E-state index contributed by atoms with van der Waals surface area (Å²) in [7, 11) is 1.45. The van der Waals surface area contributed by atoms with Crippen molar-refractivity contribution in [1.82, 2.24) is 0 Å². The van der Waals surface area contributed by atoms with Gasteiger partial charge < -0.3 is 15.2 Å². The Labute approximate surface area is 132 Å². The standard InChI is InChI=1S/C17H13FN2O3/c1-23-13-6-7-16(21)11(9-13)8-12(10-19)17(22)20-15-5-3-2-4-14(15)18/h2-9,21H,1H3,(H,20,22). The Hall–Kier alpha value is -3.33. The highest BCUT2D eigenvalue weighted by Crippen LogP contribution is 2.25. The number of nitriles is 1. The molecule has 0 unspecified atom stereocenters. The van der Waals surface area contributed by atoms with Gasteiger partial charge in [-0.3, -0.25) is 4.79 Å². The number of amides is 1. The summed E-state index contributed by atoms with van der Waals surface area (Å²) in [5.41, 5.74) is -0.0742. The van der Waals surface area contributed by atoms with E-state index in [1.807, 2.05) is 0 Å². The molecule has 2 rings (SSSR count). The number of aromatic hydroxyl groups is 1. The molecule has 116 valence electrons. The summed E-state index contributed by atoms with van der Waals surface area (Å²) in [6.07, 6.45) is 1.20. The lowest BCUT2D eigenvalue weighted by molar-refractivity contribution is -0.112.